The third-order valence-electron chi connectivity index (χ3n) is 6.07. The minimum absolute atomic E-state index is 0.313. The van der Waals surface area contributed by atoms with Gasteiger partial charge in [0.2, 0.25) is 5.91 Å². The molecule has 3 fully saturated rings. The first-order valence-corrected chi connectivity index (χ1v) is 9.87. The Morgan fingerprint density at radius 1 is 1.20 bits per heavy atom. The predicted octanol–water partition coefficient (Wildman–Crippen LogP) is 2.97. The molecule has 4 rings (SSSR count). The van der Waals surface area contributed by atoms with Crippen LogP contribution in [-0.4, -0.2) is 51.4 Å². The van der Waals surface area contributed by atoms with E-state index in [1.807, 2.05) is 12.4 Å². The molecular weight excluding hydrogens is 312 g/mol. The second kappa shape index (κ2) is 6.67. The monoisotopic (exact) mass is 342 g/mol. The molecule has 3 aliphatic rings. The molecule has 3 heterocycles. The van der Waals surface area contributed by atoms with Gasteiger partial charge in [0.1, 0.15) is 5.82 Å². The SMILES string of the molecule is CC(C)c1ncc(CN2CCC[C@]3(CCC(=O)N(C4CC4)C3)C2)cn1. The minimum Gasteiger partial charge on any atom is -0.339 e. The van der Waals surface area contributed by atoms with E-state index in [1.54, 1.807) is 0 Å². The van der Waals surface area contributed by atoms with E-state index in [4.69, 9.17) is 0 Å². The van der Waals surface area contributed by atoms with Crippen molar-refractivity contribution < 1.29 is 4.79 Å². The topological polar surface area (TPSA) is 49.3 Å². The minimum atomic E-state index is 0.313. The third kappa shape index (κ3) is 3.71. The molecule has 25 heavy (non-hydrogen) atoms. The highest BCUT2D eigenvalue weighted by Crippen LogP contribution is 2.42. The summed E-state index contributed by atoms with van der Waals surface area (Å²) in [7, 11) is 0. The van der Waals surface area contributed by atoms with Gasteiger partial charge in [0.05, 0.1) is 0 Å². The van der Waals surface area contributed by atoms with E-state index in [0.717, 1.165) is 44.8 Å². The molecule has 1 aliphatic carbocycles. The molecule has 2 aliphatic heterocycles. The van der Waals surface area contributed by atoms with Crippen LogP contribution in [0, 0.1) is 5.41 Å². The van der Waals surface area contributed by atoms with Gasteiger partial charge < -0.3 is 4.90 Å². The van der Waals surface area contributed by atoms with Crippen LogP contribution in [0.15, 0.2) is 12.4 Å². The quantitative estimate of drug-likeness (QED) is 0.844. The van der Waals surface area contributed by atoms with Gasteiger partial charge in [0.25, 0.3) is 0 Å². The number of hydrogen-bond donors (Lipinski definition) is 0. The summed E-state index contributed by atoms with van der Waals surface area (Å²) >= 11 is 0. The molecule has 2 saturated heterocycles. The van der Waals surface area contributed by atoms with Crippen LogP contribution in [0.3, 0.4) is 0 Å². The highest BCUT2D eigenvalue weighted by molar-refractivity contribution is 5.78. The van der Waals surface area contributed by atoms with Crippen LogP contribution in [-0.2, 0) is 11.3 Å². The van der Waals surface area contributed by atoms with E-state index in [2.05, 4.69) is 33.6 Å². The maximum atomic E-state index is 12.3. The highest BCUT2D eigenvalue weighted by atomic mass is 16.2. The van der Waals surface area contributed by atoms with E-state index in [0.29, 0.717) is 23.3 Å². The lowest BCUT2D eigenvalue weighted by Gasteiger charge is -2.48. The molecule has 0 bridgehead atoms. The second-order valence-electron chi connectivity index (χ2n) is 8.67. The van der Waals surface area contributed by atoms with Gasteiger partial charge in [-0.25, -0.2) is 9.97 Å². The molecule has 1 spiro atoms. The van der Waals surface area contributed by atoms with Crippen molar-refractivity contribution in [2.24, 2.45) is 5.41 Å². The van der Waals surface area contributed by atoms with Crippen LogP contribution in [0.2, 0.25) is 0 Å². The molecule has 1 aromatic rings. The molecule has 0 N–H and O–H groups in total. The van der Waals surface area contributed by atoms with E-state index >= 15 is 0 Å². The normalized spacial score (nSPS) is 28.1. The summed E-state index contributed by atoms with van der Waals surface area (Å²) in [6.45, 7) is 8.41. The number of aromatic nitrogens is 2. The Labute approximate surface area is 150 Å². The molecule has 1 aromatic heterocycles. The molecule has 5 nitrogen and oxygen atoms in total. The summed E-state index contributed by atoms with van der Waals surface area (Å²) in [5.74, 6) is 1.69. The van der Waals surface area contributed by atoms with Gasteiger partial charge in [-0.05, 0) is 38.6 Å². The molecule has 0 radical (unpaired) electrons. The van der Waals surface area contributed by atoms with Crippen LogP contribution >= 0.6 is 0 Å². The summed E-state index contributed by atoms with van der Waals surface area (Å²) in [6, 6.07) is 0.553. The lowest BCUT2D eigenvalue weighted by molar-refractivity contribution is -0.140. The van der Waals surface area contributed by atoms with Gasteiger partial charge in [-0.3, -0.25) is 9.69 Å². The van der Waals surface area contributed by atoms with Crippen molar-refractivity contribution in [2.45, 2.75) is 70.9 Å². The van der Waals surface area contributed by atoms with Crippen molar-refractivity contribution in [1.29, 1.82) is 0 Å². The summed E-state index contributed by atoms with van der Waals surface area (Å²) in [4.78, 5) is 26.0. The summed E-state index contributed by atoms with van der Waals surface area (Å²) < 4.78 is 0. The zero-order chi connectivity index (χ0) is 17.4. The Bertz CT molecular complexity index is 625. The van der Waals surface area contributed by atoms with E-state index in [1.165, 1.54) is 31.2 Å². The number of nitrogens with zero attached hydrogens (tertiary/aromatic N) is 4. The number of rotatable bonds is 4. The fourth-order valence-electron chi connectivity index (χ4n) is 4.54. The van der Waals surface area contributed by atoms with Gasteiger partial charge in [-0.1, -0.05) is 13.8 Å². The van der Waals surface area contributed by atoms with Crippen LogP contribution in [0.1, 0.15) is 69.7 Å². The Hall–Kier alpha value is -1.49. The van der Waals surface area contributed by atoms with Crippen molar-refractivity contribution in [2.75, 3.05) is 19.6 Å². The predicted molar refractivity (Wildman–Crippen MR) is 97.0 cm³/mol. The third-order valence-corrected chi connectivity index (χ3v) is 6.07. The van der Waals surface area contributed by atoms with Crippen molar-refractivity contribution >= 4 is 5.91 Å². The fraction of sp³-hybridized carbons (Fsp3) is 0.750. The van der Waals surface area contributed by atoms with Crippen LogP contribution in [0.4, 0.5) is 0 Å². The number of amides is 1. The molecular formula is C20H30N4O. The van der Waals surface area contributed by atoms with Crippen molar-refractivity contribution in [1.82, 2.24) is 19.8 Å². The van der Waals surface area contributed by atoms with Crippen LogP contribution < -0.4 is 0 Å². The molecule has 136 valence electrons. The standard InChI is InChI=1S/C20H30N4O/c1-15(2)19-21-10-16(11-22-19)12-23-9-3-7-20(13-23)8-6-18(25)24(14-20)17-4-5-17/h10-11,15,17H,3-9,12-14H2,1-2H3/t20-/m0/s1. The van der Waals surface area contributed by atoms with E-state index in [-0.39, 0.29) is 0 Å². The number of carbonyl (C=O) groups is 1. The molecule has 0 aromatic carbocycles. The number of carbonyl (C=O) groups excluding carboxylic acids is 1. The molecule has 1 atom stereocenters. The summed E-state index contributed by atoms with van der Waals surface area (Å²) in [5.41, 5.74) is 1.51. The summed E-state index contributed by atoms with van der Waals surface area (Å²) in [5, 5.41) is 0. The highest BCUT2D eigenvalue weighted by Gasteiger charge is 2.45. The van der Waals surface area contributed by atoms with Gasteiger partial charge in [0.15, 0.2) is 0 Å². The molecule has 1 amide bonds. The van der Waals surface area contributed by atoms with Crippen molar-refractivity contribution in [3.05, 3.63) is 23.8 Å². The first kappa shape index (κ1) is 17.0. The first-order valence-electron chi connectivity index (χ1n) is 9.87. The van der Waals surface area contributed by atoms with Gasteiger partial charge in [0, 0.05) is 61.4 Å². The molecule has 0 unspecified atom stereocenters. The smallest absolute Gasteiger partial charge is 0.222 e. The fourth-order valence-corrected chi connectivity index (χ4v) is 4.54. The Kier molecular flexibility index (Phi) is 4.52. The maximum Gasteiger partial charge on any atom is 0.222 e. The van der Waals surface area contributed by atoms with Gasteiger partial charge in [-0.15, -0.1) is 0 Å². The first-order chi connectivity index (χ1) is 12.0. The number of likely N-dealkylation sites (tertiary alicyclic amines) is 2. The van der Waals surface area contributed by atoms with Crippen molar-refractivity contribution in [3.8, 4) is 0 Å². The Balaban J connectivity index is 1.41. The number of hydrogen-bond acceptors (Lipinski definition) is 4. The van der Waals surface area contributed by atoms with Crippen LogP contribution in [0.25, 0.3) is 0 Å². The lowest BCUT2D eigenvalue weighted by atomic mass is 9.73. The van der Waals surface area contributed by atoms with Crippen molar-refractivity contribution in [3.63, 3.8) is 0 Å². The average molecular weight is 342 g/mol. The van der Waals surface area contributed by atoms with Gasteiger partial charge >= 0.3 is 0 Å². The summed E-state index contributed by atoms with van der Waals surface area (Å²) in [6.07, 6.45) is 10.7. The molecule has 5 heteroatoms. The zero-order valence-electron chi connectivity index (χ0n) is 15.6. The lowest BCUT2D eigenvalue weighted by Crippen LogP contribution is -2.54. The van der Waals surface area contributed by atoms with Gasteiger partial charge in [-0.2, -0.15) is 0 Å². The number of piperidine rings is 2. The van der Waals surface area contributed by atoms with Crippen LogP contribution in [0.5, 0.6) is 0 Å². The average Bonchev–Trinajstić information content (AvgIpc) is 3.43. The Morgan fingerprint density at radius 2 is 1.96 bits per heavy atom. The van der Waals surface area contributed by atoms with E-state index < -0.39 is 0 Å². The van der Waals surface area contributed by atoms with E-state index in [9.17, 15) is 4.79 Å². The Morgan fingerprint density at radius 3 is 2.64 bits per heavy atom. The largest absolute Gasteiger partial charge is 0.339 e. The maximum absolute atomic E-state index is 12.3. The molecule has 1 saturated carbocycles. The zero-order valence-corrected chi connectivity index (χ0v) is 15.6. The second-order valence-corrected chi connectivity index (χ2v) is 8.67.